The molecule has 13 nitrogen and oxygen atoms in total. The Morgan fingerprint density at radius 3 is 2.04 bits per heavy atom. The normalized spacial score (nSPS) is 26.6. The smallest absolute Gasteiger partial charge is 0.480 e. The van der Waals surface area contributed by atoms with Crippen LogP contribution < -0.4 is 10.1 Å². The topological polar surface area (TPSA) is 171 Å². The Kier molecular flexibility index (Phi) is 11.3. The van der Waals surface area contributed by atoms with Gasteiger partial charge in [-0.05, 0) is 95.6 Å². The summed E-state index contributed by atoms with van der Waals surface area (Å²) in [5.41, 5.74) is 0.480. The van der Waals surface area contributed by atoms with Gasteiger partial charge in [0.1, 0.15) is 12.1 Å². The molecule has 46 heavy (non-hydrogen) atoms. The first-order chi connectivity index (χ1) is 21.4. The molecule has 0 unspecified atom stereocenters. The first-order valence-corrected chi connectivity index (χ1v) is 17.5. The third-order valence-corrected chi connectivity index (χ3v) is 10.7. The second-order valence-corrected chi connectivity index (χ2v) is 15.2. The van der Waals surface area contributed by atoms with Crippen molar-refractivity contribution in [2.75, 3.05) is 32.4 Å². The highest BCUT2D eigenvalue weighted by Crippen LogP contribution is 2.53. The summed E-state index contributed by atoms with van der Waals surface area (Å²) in [7, 11) is -3.61. The van der Waals surface area contributed by atoms with Crippen LogP contribution in [0.4, 0.5) is 13.2 Å². The largest absolute Gasteiger partial charge is 0.490 e. The fourth-order valence-corrected chi connectivity index (χ4v) is 8.84. The minimum Gasteiger partial charge on any atom is -0.480 e. The number of hydrogen-bond acceptors (Lipinski definition) is 8. The molecular weight excluding hydrogens is 635 g/mol. The Morgan fingerprint density at radius 2 is 1.59 bits per heavy atom. The van der Waals surface area contributed by atoms with Gasteiger partial charge in [-0.1, -0.05) is 0 Å². The zero-order valence-electron chi connectivity index (χ0n) is 26.3. The molecule has 4 aliphatic carbocycles. The van der Waals surface area contributed by atoms with Crippen LogP contribution in [0.15, 0.2) is 6.20 Å². The molecule has 0 atom stereocenters. The van der Waals surface area contributed by atoms with Gasteiger partial charge in [-0.2, -0.15) is 22.6 Å². The third kappa shape index (κ3) is 9.12. The Balaban J connectivity index is 0.000000617. The number of ether oxygens (including phenoxy) is 1. The number of alkyl halides is 3. The average molecular weight is 680 g/mol. The molecule has 4 saturated carbocycles. The van der Waals surface area contributed by atoms with E-state index in [2.05, 4.69) is 15.3 Å². The summed E-state index contributed by atoms with van der Waals surface area (Å²) in [4.78, 5) is 35.8. The lowest BCUT2D eigenvalue weighted by atomic mass is 9.54. The molecule has 0 aromatic carbocycles. The Bertz CT molecular complexity index is 1330. The molecule has 1 aromatic rings. The van der Waals surface area contributed by atoms with E-state index in [1.165, 1.54) is 32.1 Å². The van der Waals surface area contributed by atoms with E-state index < -0.39 is 34.7 Å². The number of hydrogen-bond donors (Lipinski definition) is 3. The van der Waals surface area contributed by atoms with Crippen molar-refractivity contribution in [2.45, 2.75) is 89.7 Å². The lowest BCUT2D eigenvalue weighted by Gasteiger charge is -2.54. The number of sulfonamides is 1. The maximum atomic E-state index is 13.5. The number of amides is 1. The highest BCUT2D eigenvalue weighted by Gasteiger charge is 2.49. The summed E-state index contributed by atoms with van der Waals surface area (Å²) >= 11 is 0. The highest BCUT2D eigenvalue weighted by atomic mass is 32.2. The van der Waals surface area contributed by atoms with Crippen LogP contribution in [0.25, 0.3) is 0 Å². The fourth-order valence-electron chi connectivity index (χ4n) is 7.74. The first kappa shape index (κ1) is 35.9. The number of carboxylic acids is 2. The molecule has 1 aliphatic heterocycles. The minimum absolute atomic E-state index is 0.102. The maximum Gasteiger partial charge on any atom is 0.490 e. The molecule has 17 heteroatoms. The van der Waals surface area contributed by atoms with Crippen LogP contribution in [0.5, 0.6) is 5.88 Å². The number of aromatic nitrogens is 2. The quantitative estimate of drug-likeness (QED) is 0.316. The molecule has 4 bridgehead atoms. The monoisotopic (exact) mass is 679 g/mol. The lowest BCUT2D eigenvalue weighted by molar-refractivity contribution is -0.192. The Hall–Kier alpha value is -2.92. The number of carbonyl (C=O) groups is 3. The van der Waals surface area contributed by atoms with Crippen molar-refractivity contribution < 1.29 is 50.9 Å². The van der Waals surface area contributed by atoms with Crippen LogP contribution in [0.3, 0.4) is 0 Å². The minimum atomic E-state index is -5.08. The van der Waals surface area contributed by atoms with Gasteiger partial charge in [0.2, 0.25) is 15.9 Å². The summed E-state index contributed by atoms with van der Waals surface area (Å²) in [6, 6.07) is -0.0770. The van der Waals surface area contributed by atoms with Crippen LogP contribution >= 0.6 is 0 Å². The van der Waals surface area contributed by atoms with Crippen LogP contribution in [-0.4, -0.2) is 112 Å². The van der Waals surface area contributed by atoms with Gasteiger partial charge in [-0.3, -0.25) is 9.59 Å². The standard InChI is InChI=1S/C27H43N5O6S.C2HF3O2/c1-17(2)38-27-23(26(35)29-25-20-11-18-10-19(13-20)14-21(25)12-18)15-28-31(27)9-8-30-6-4-22(5-7-30)32(16-24(33)34)39(3,36)37;3-2(4,5)1(6)7/h15,17-22,25H,4-14,16H2,1-3H3,(H,29,35)(H,33,34);(H,6,7). The van der Waals surface area contributed by atoms with Crippen molar-refractivity contribution in [3.05, 3.63) is 11.8 Å². The zero-order chi connectivity index (χ0) is 34.0. The van der Waals surface area contributed by atoms with Gasteiger partial charge in [0, 0.05) is 18.6 Å². The number of likely N-dealkylation sites (tertiary alicyclic amines) is 1. The van der Waals surface area contributed by atoms with Crippen molar-refractivity contribution in [2.24, 2.45) is 23.7 Å². The van der Waals surface area contributed by atoms with E-state index in [4.69, 9.17) is 19.7 Å². The molecule has 0 radical (unpaired) electrons. The molecule has 1 saturated heterocycles. The van der Waals surface area contributed by atoms with Crippen LogP contribution in [0, 0.1) is 23.7 Å². The summed E-state index contributed by atoms with van der Waals surface area (Å²) in [5, 5.41) is 24.2. The first-order valence-electron chi connectivity index (χ1n) is 15.7. The molecule has 5 aliphatic rings. The number of aliphatic carboxylic acids is 2. The molecule has 3 N–H and O–H groups in total. The van der Waals surface area contributed by atoms with Crippen LogP contribution in [0.2, 0.25) is 0 Å². The maximum absolute atomic E-state index is 13.5. The molecule has 260 valence electrons. The predicted octanol–water partition coefficient (Wildman–Crippen LogP) is 2.67. The molecule has 2 heterocycles. The number of piperidine rings is 1. The van der Waals surface area contributed by atoms with Crippen LogP contribution in [0.1, 0.15) is 69.2 Å². The molecule has 5 fully saturated rings. The molecular formula is C29H44F3N5O8S. The van der Waals surface area contributed by atoms with Gasteiger partial charge in [-0.15, -0.1) is 0 Å². The van der Waals surface area contributed by atoms with Crippen LogP contribution in [-0.2, 0) is 26.2 Å². The summed E-state index contributed by atoms with van der Waals surface area (Å²) in [6.45, 7) is 5.86. The van der Waals surface area contributed by atoms with E-state index in [1.807, 2.05) is 13.8 Å². The number of carboxylic acid groups (broad SMARTS) is 2. The fraction of sp³-hybridized carbons (Fsp3) is 0.793. The average Bonchev–Trinajstić information content (AvgIpc) is 3.33. The van der Waals surface area contributed by atoms with Gasteiger partial charge in [0.05, 0.1) is 25.1 Å². The van der Waals surface area contributed by atoms with Crippen molar-refractivity contribution in [1.29, 1.82) is 0 Å². The van der Waals surface area contributed by atoms with Gasteiger partial charge < -0.3 is 25.2 Å². The molecule has 6 rings (SSSR count). The number of carbonyl (C=O) groups excluding carboxylic acids is 1. The predicted molar refractivity (Wildman–Crippen MR) is 159 cm³/mol. The van der Waals surface area contributed by atoms with Gasteiger partial charge in [-0.25, -0.2) is 17.9 Å². The Labute approximate surface area is 266 Å². The molecule has 0 spiro atoms. The second kappa shape index (κ2) is 14.5. The van der Waals surface area contributed by atoms with E-state index >= 15 is 0 Å². The second-order valence-electron chi connectivity index (χ2n) is 13.3. The number of rotatable bonds is 11. The van der Waals surface area contributed by atoms with Gasteiger partial charge >= 0.3 is 18.1 Å². The van der Waals surface area contributed by atoms with Crippen molar-refractivity contribution >= 4 is 27.9 Å². The SMILES string of the molecule is CC(C)Oc1c(C(=O)NC2C3CC4CC(C3)CC2C4)cnn1CCN1CCC(N(CC(=O)O)S(C)(=O)=O)CC1.O=C(O)C(F)(F)F. The van der Waals surface area contributed by atoms with E-state index in [0.29, 0.717) is 62.3 Å². The molecule has 1 amide bonds. The van der Waals surface area contributed by atoms with Crippen molar-refractivity contribution in [3.8, 4) is 5.88 Å². The summed E-state index contributed by atoms with van der Waals surface area (Å²) in [5.74, 6) is -0.645. The Morgan fingerprint density at radius 1 is 1.04 bits per heavy atom. The van der Waals surface area contributed by atoms with E-state index in [0.717, 1.165) is 22.4 Å². The summed E-state index contributed by atoms with van der Waals surface area (Å²) in [6.07, 6.45) is 4.94. The van der Waals surface area contributed by atoms with E-state index in [1.54, 1.807) is 10.9 Å². The highest BCUT2D eigenvalue weighted by molar-refractivity contribution is 7.88. The summed E-state index contributed by atoms with van der Waals surface area (Å²) < 4.78 is 65.0. The van der Waals surface area contributed by atoms with Gasteiger partial charge in [0.15, 0.2) is 0 Å². The number of nitrogens with one attached hydrogen (secondary N) is 1. The molecule has 1 aromatic heterocycles. The number of halogens is 3. The zero-order valence-corrected chi connectivity index (χ0v) is 27.1. The number of nitrogens with zero attached hydrogens (tertiary/aromatic N) is 4. The lowest BCUT2D eigenvalue weighted by Crippen LogP contribution is -2.55. The van der Waals surface area contributed by atoms with Gasteiger partial charge in [0.25, 0.3) is 5.91 Å². The van der Waals surface area contributed by atoms with E-state index in [-0.39, 0.29) is 24.1 Å². The van der Waals surface area contributed by atoms with Crippen molar-refractivity contribution in [1.82, 2.24) is 24.3 Å². The van der Waals surface area contributed by atoms with E-state index in [9.17, 15) is 31.2 Å². The third-order valence-electron chi connectivity index (χ3n) is 9.46. The van der Waals surface area contributed by atoms with Crippen molar-refractivity contribution in [3.63, 3.8) is 0 Å².